The summed E-state index contributed by atoms with van der Waals surface area (Å²) in [7, 11) is 0. The highest BCUT2D eigenvalue weighted by atomic mass is 32.2. The third-order valence-corrected chi connectivity index (χ3v) is 5.85. The minimum absolute atomic E-state index is 0.0324. The van der Waals surface area contributed by atoms with Crippen LogP contribution in [-0.2, 0) is 12.3 Å². The second-order valence-corrected chi connectivity index (χ2v) is 7.89. The Morgan fingerprint density at radius 3 is 2.31 bits per heavy atom. The summed E-state index contributed by atoms with van der Waals surface area (Å²) < 4.78 is 1.87. The molecule has 1 N–H and O–H groups in total. The summed E-state index contributed by atoms with van der Waals surface area (Å²) in [5.74, 6) is -0.00486. The summed E-state index contributed by atoms with van der Waals surface area (Å²) in [5, 5.41) is 29.8. The van der Waals surface area contributed by atoms with Gasteiger partial charge in [-0.2, -0.15) is 0 Å². The van der Waals surface area contributed by atoms with Gasteiger partial charge in [0.05, 0.1) is 22.6 Å². The van der Waals surface area contributed by atoms with E-state index in [9.17, 15) is 14.9 Å². The number of nitro benzene ring substituents is 1. The molecule has 32 heavy (non-hydrogen) atoms. The van der Waals surface area contributed by atoms with Crippen LogP contribution in [0, 0.1) is 10.1 Å². The lowest BCUT2D eigenvalue weighted by atomic mass is 10.1. The number of benzene rings is 3. The molecule has 0 atom stereocenters. The second kappa shape index (κ2) is 9.44. The molecule has 160 valence electrons. The van der Waals surface area contributed by atoms with Gasteiger partial charge < -0.3 is 5.11 Å². The summed E-state index contributed by atoms with van der Waals surface area (Å²) in [5.41, 5.74) is 2.54. The van der Waals surface area contributed by atoms with Crippen LogP contribution in [0.1, 0.15) is 21.5 Å². The number of aromatic nitrogens is 3. The summed E-state index contributed by atoms with van der Waals surface area (Å²) in [6.45, 7) is 0.454. The predicted octanol–water partition coefficient (Wildman–Crippen LogP) is 4.89. The van der Waals surface area contributed by atoms with Crippen LogP contribution in [-0.4, -0.2) is 30.8 Å². The van der Waals surface area contributed by atoms with Crippen molar-refractivity contribution in [3.05, 3.63) is 106 Å². The Bertz CT molecular complexity index is 1260. The number of nitrogens with zero attached hydrogens (tertiary/aromatic N) is 4. The zero-order valence-electron chi connectivity index (χ0n) is 16.8. The highest BCUT2D eigenvalue weighted by molar-refractivity contribution is 7.98. The Labute approximate surface area is 187 Å². The summed E-state index contributed by atoms with van der Waals surface area (Å²) in [6.07, 6.45) is 0. The molecular weight excluding hydrogens is 428 g/mol. The molecule has 4 rings (SSSR count). The molecule has 0 aliphatic rings. The lowest BCUT2D eigenvalue weighted by Crippen LogP contribution is -2.05. The number of thioether (sulfide) groups is 1. The van der Waals surface area contributed by atoms with Gasteiger partial charge in [-0.1, -0.05) is 66.4 Å². The first-order valence-electron chi connectivity index (χ1n) is 9.69. The van der Waals surface area contributed by atoms with Gasteiger partial charge in [0.2, 0.25) is 0 Å². The number of carboxylic acid groups (broad SMARTS) is 1. The average Bonchev–Trinajstić information content (AvgIpc) is 3.20. The Morgan fingerprint density at radius 1 is 0.938 bits per heavy atom. The van der Waals surface area contributed by atoms with Crippen molar-refractivity contribution < 1.29 is 14.8 Å². The number of aromatic carboxylic acids is 1. The monoisotopic (exact) mass is 446 g/mol. The van der Waals surface area contributed by atoms with Crippen LogP contribution in [0.5, 0.6) is 0 Å². The Balaban J connectivity index is 1.68. The van der Waals surface area contributed by atoms with Crippen LogP contribution in [0.25, 0.3) is 11.4 Å². The van der Waals surface area contributed by atoms with Crippen LogP contribution in [0.3, 0.4) is 0 Å². The van der Waals surface area contributed by atoms with Gasteiger partial charge in [-0.05, 0) is 29.3 Å². The minimum atomic E-state index is -0.971. The van der Waals surface area contributed by atoms with Crippen LogP contribution >= 0.6 is 11.8 Å². The standard InChI is InChI=1S/C23H18N4O4S/c28-22(29)18-12-10-17(11-13-18)15-32-23-25-24-21(19-8-4-5-9-20(19)27(30)31)26(23)14-16-6-2-1-3-7-16/h1-13H,14-15H2,(H,28,29). The van der Waals surface area contributed by atoms with E-state index in [2.05, 4.69) is 10.2 Å². The molecule has 0 saturated carbocycles. The second-order valence-electron chi connectivity index (χ2n) is 6.94. The van der Waals surface area contributed by atoms with E-state index in [1.807, 2.05) is 34.9 Å². The van der Waals surface area contributed by atoms with Crippen LogP contribution < -0.4 is 0 Å². The fourth-order valence-electron chi connectivity index (χ4n) is 3.22. The quantitative estimate of drug-likeness (QED) is 0.233. The van der Waals surface area contributed by atoms with Gasteiger partial charge in [0.1, 0.15) is 0 Å². The van der Waals surface area contributed by atoms with E-state index in [-0.39, 0.29) is 11.3 Å². The third-order valence-electron chi connectivity index (χ3n) is 4.81. The smallest absolute Gasteiger partial charge is 0.335 e. The molecule has 1 aromatic heterocycles. The predicted molar refractivity (Wildman–Crippen MR) is 121 cm³/mol. The maximum atomic E-state index is 11.6. The van der Waals surface area contributed by atoms with Crippen molar-refractivity contribution in [2.45, 2.75) is 17.5 Å². The van der Waals surface area contributed by atoms with E-state index in [4.69, 9.17) is 5.11 Å². The highest BCUT2D eigenvalue weighted by Gasteiger charge is 2.22. The summed E-state index contributed by atoms with van der Waals surface area (Å²) >= 11 is 1.44. The normalized spacial score (nSPS) is 10.8. The van der Waals surface area contributed by atoms with E-state index in [1.165, 1.54) is 17.8 Å². The molecular formula is C23H18N4O4S. The topological polar surface area (TPSA) is 111 Å². The number of rotatable bonds is 8. The van der Waals surface area contributed by atoms with Crippen molar-refractivity contribution in [2.24, 2.45) is 0 Å². The number of para-hydroxylation sites is 1. The fourth-order valence-corrected chi connectivity index (χ4v) is 4.11. The molecule has 4 aromatic rings. The van der Waals surface area contributed by atoms with Crippen LogP contribution in [0.15, 0.2) is 84.0 Å². The highest BCUT2D eigenvalue weighted by Crippen LogP contribution is 2.32. The van der Waals surface area contributed by atoms with E-state index >= 15 is 0 Å². The van der Waals surface area contributed by atoms with Gasteiger partial charge in [-0.15, -0.1) is 10.2 Å². The first-order chi connectivity index (χ1) is 15.5. The largest absolute Gasteiger partial charge is 0.478 e. The van der Waals surface area contributed by atoms with E-state index in [0.29, 0.717) is 28.8 Å². The van der Waals surface area contributed by atoms with Gasteiger partial charge in [0, 0.05) is 11.8 Å². The molecule has 1 heterocycles. The fraction of sp³-hybridized carbons (Fsp3) is 0.0870. The van der Waals surface area contributed by atoms with Crippen molar-refractivity contribution in [2.75, 3.05) is 0 Å². The number of nitro groups is 1. The SMILES string of the molecule is O=C(O)c1ccc(CSc2nnc(-c3ccccc3[N+](=O)[O-])n2Cc2ccccc2)cc1. The van der Waals surface area contributed by atoms with E-state index in [0.717, 1.165) is 11.1 Å². The molecule has 0 saturated heterocycles. The molecule has 9 heteroatoms. The minimum Gasteiger partial charge on any atom is -0.478 e. The van der Waals surface area contributed by atoms with Crippen molar-refractivity contribution in [3.8, 4) is 11.4 Å². The molecule has 0 amide bonds. The first kappa shape index (κ1) is 21.3. The van der Waals surface area contributed by atoms with Crippen molar-refractivity contribution in [1.29, 1.82) is 0 Å². The van der Waals surface area contributed by atoms with Gasteiger partial charge in [0.25, 0.3) is 5.69 Å². The van der Waals surface area contributed by atoms with Gasteiger partial charge >= 0.3 is 5.97 Å². The zero-order valence-corrected chi connectivity index (χ0v) is 17.6. The Morgan fingerprint density at radius 2 is 1.62 bits per heavy atom. The van der Waals surface area contributed by atoms with Gasteiger partial charge in [-0.3, -0.25) is 14.7 Å². The van der Waals surface area contributed by atoms with Gasteiger partial charge in [-0.25, -0.2) is 4.79 Å². The molecule has 0 aliphatic carbocycles. The molecule has 8 nitrogen and oxygen atoms in total. The van der Waals surface area contributed by atoms with Crippen LogP contribution in [0.4, 0.5) is 5.69 Å². The first-order valence-corrected chi connectivity index (χ1v) is 10.7. The number of hydrogen-bond donors (Lipinski definition) is 1. The molecule has 0 fully saturated rings. The van der Waals surface area contributed by atoms with E-state index < -0.39 is 10.9 Å². The maximum absolute atomic E-state index is 11.6. The molecule has 0 bridgehead atoms. The molecule has 0 unspecified atom stereocenters. The van der Waals surface area contributed by atoms with Gasteiger partial charge in [0.15, 0.2) is 11.0 Å². The molecule has 0 radical (unpaired) electrons. The lowest BCUT2D eigenvalue weighted by molar-refractivity contribution is -0.384. The number of carboxylic acids is 1. The maximum Gasteiger partial charge on any atom is 0.335 e. The summed E-state index contributed by atoms with van der Waals surface area (Å²) in [4.78, 5) is 22.2. The number of carbonyl (C=O) groups is 1. The van der Waals surface area contributed by atoms with Crippen molar-refractivity contribution in [3.63, 3.8) is 0 Å². The zero-order chi connectivity index (χ0) is 22.5. The Hall–Kier alpha value is -3.98. The van der Waals surface area contributed by atoms with Crippen molar-refractivity contribution >= 4 is 23.4 Å². The lowest BCUT2D eigenvalue weighted by Gasteiger charge is -2.11. The van der Waals surface area contributed by atoms with E-state index in [1.54, 1.807) is 42.5 Å². The van der Waals surface area contributed by atoms with Crippen molar-refractivity contribution in [1.82, 2.24) is 14.8 Å². The molecule has 0 spiro atoms. The molecule has 3 aromatic carbocycles. The summed E-state index contributed by atoms with van der Waals surface area (Å²) in [6, 6.07) is 22.9. The number of hydrogen-bond acceptors (Lipinski definition) is 6. The third kappa shape index (κ3) is 4.68. The molecule has 0 aliphatic heterocycles. The van der Waals surface area contributed by atoms with Crippen LogP contribution in [0.2, 0.25) is 0 Å². The average molecular weight is 446 g/mol. The Kier molecular flexibility index (Phi) is 6.27.